The van der Waals surface area contributed by atoms with Crippen LogP contribution in [0.15, 0.2) is 58.1 Å². The molecule has 0 spiro atoms. The molecule has 3 nitrogen and oxygen atoms in total. The van der Waals surface area contributed by atoms with E-state index in [0.717, 1.165) is 0 Å². The highest BCUT2D eigenvalue weighted by atomic mass is 32.2. The summed E-state index contributed by atoms with van der Waals surface area (Å²) in [5.41, 5.74) is 0.540. The first-order chi connectivity index (χ1) is 9.63. The van der Waals surface area contributed by atoms with Crippen LogP contribution in [0.5, 0.6) is 0 Å². The van der Waals surface area contributed by atoms with Crippen LogP contribution in [0.25, 0.3) is 6.08 Å². The van der Waals surface area contributed by atoms with Crippen molar-refractivity contribution in [3.63, 3.8) is 0 Å². The van der Waals surface area contributed by atoms with Gasteiger partial charge >= 0.3 is 0 Å². The molecule has 0 fully saturated rings. The van der Waals surface area contributed by atoms with Gasteiger partial charge in [0.05, 0.1) is 6.26 Å². The predicted molar refractivity (Wildman–Crippen MR) is 74.7 cm³/mol. The molecule has 0 bridgehead atoms. The van der Waals surface area contributed by atoms with Crippen molar-refractivity contribution < 1.29 is 18.0 Å². The molecule has 0 unspecified atom stereocenters. The van der Waals surface area contributed by atoms with Crippen LogP contribution in [-0.4, -0.2) is 11.7 Å². The standard InChI is InChI=1S/C14H11F2NO2S/c15-14(16)20-12-6-3-10(4-7-12)17-13(18)8-5-11-2-1-9-19-11/h1-9,14H,(H,17,18)/b8-5+. The van der Waals surface area contributed by atoms with Crippen molar-refractivity contribution in [2.45, 2.75) is 10.7 Å². The van der Waals surface area contributed by atoms with E-state index in [4.69, 9.17) is 4.42 Å². The summed E-state index contributed by atoms with van der Waals surface area (Å²) in [5, 5.41) is 2.62. The Morgan fingerprint density at radius 1 is 1.25 bits per heavy atom. The Morgan fingerprint density at radius 2 is 2.00 bits per heavy atom. The van der Waals surface area contributed by atoms with Gasteiger partial charge in [-0.05, 0) is 42.5 Å². The molecule has 0 radical (unpaired) electrons. The normalized spacial score (nSPS) is 11.2. The van der Waals surface area contributed by atoms with Crippen molar-refractivity contribution >= 4 is 29.4 Å². The van der Waals surface area contributed by atoms with E-state index in [-0.39, 0.29) is 5.91 Å². The van der Waals surface area contributed by atoms with E-state index < -0.39 is 5.76 Å². The minimum atomic E-state index is -2.45. The van der Waals surface area contributed by atoms with E-state index in [1.807, 2.05) is 0 Å². The highest BCUT2D eigenvalue weighted by Crippen LogP contribution is 2.26. The first-order valence-corrected chi connectivity index (χ1v) is 6.59. The Balaban J connectivity index is 1.91. The fourth-order valence-corrected chi connectivity index (χ4v) is 1.95. The molecule has 1 aromatic carbocycles. The molecule has 0 saturated heterocycles. The molecule has 1 aromatic heterocycles. The summed E-state index contributed by atoms with van der Waals surface area (Å²) in [6.07, 6.45) is 4.38. The monoisotopic (exact) mass is 295 g/mol. The minimum Gasteiger partial charge on any atom is -0.465 e. The molecule has 0 aliphatic rings. The summed E-state index contributed by atoms with van der Waals surface area (Å²) in [5.74, 6) is -2.20. The Bertz CT molecular complexity index is 580. The number of rotatable bonds is 5. The number of nitrogens with one attached hydrogen (secondary N) is 1. The number of carbonyl (C=O) groups excluding carboxylic acids is 1. The molecular formula is C14H11F2NO2S. The summed E-state index contributed by atoms with van der Waals surface area (Å²) < 4.78 is 29.3. The van der Waals surface area contributed by atoms with Crippen molar-refractivity contribution in [2.24, 2.45) is 0 Å². The lowest BCUT2D eigenvalue weighted by atomic mass is 10.3. The van der Waals surface area contributed by atoms with Crippen LogP contribution >= 0.6 is 11.8 Å². The third-order valence-electron chi connectivity index (χ3n) is 2.29. The first kappa shape index (κ1) is 14.3. The molecule has 2 aromatic rings. The molecule has 1 heterocycles. The van der Waals surface area contributed by atoms with Crippen LogP contribution in [0.4, 0.5) is 14.5 Å². The Hall–Kier alpha value is -2.08. The predicted octanol–water partition coefficient (Wildman–Crippen LogP) is 4.25. The van der Waals surface area contributed by atoms with Gasteiger partial charge in [-0.1, -0.05) is 11.8 Å². The molecule has 0 aliphatic carbocycles. The maximum atomic E-state index is 12.1. The first-order valence-electron chi connectivity index (χ1n) is 5.71. The van der Waals surface area contributed by atoms with Gasteiger partial charge in [-0.3, -0.25) is 4.79 Å². The van der Waals surface area contributed by atoms with E-state index in [1.54, 1.807) is 24.3 Å². The fourth-order valence-electron chi connectivity index (χ4n) is 1.45. The largest absolute Gasteiger partial charge is 0.465 e. The second kappa shape index (κ2) is 6.91. The number of benzene rings is 1. The van der Waals surface area contributed by atoms with Crippen molar-refractivity contribution in [2.75, 3.05) is 5.32 Å². The van der Waals surface area contributed by atoms with Crippen LogP contribution < -0.4 is 5.32 Å². The summed E-state index contributed by atoms with van der Waals surface area (Å²) >= 11 is 0.462. The van der Waals surface area contributed by atoms with Gasteiger partial charge in [-0.15, -0.1) is 0 Å². The minimum absolute atomic E-state index is 0.323. The molecule has 0 atom stereocenters. The number of anilines is 1. The molecule has 20 heavy (non-hydrogen) atoms. The number of furan rings is 1. The Kier molecular flexibility index (Phi) is 4.95. The van der Waals surface area contributed by atoms with E-state index in [9.17, 15) is 13.6 Å². The van der Waals surface area contributed by atoms with Crippen LogP contribution in [0.2, 0.25) is 0 Å². The smallest absolute Gasteiger partial charge is 0.288 e. The average Bonchev–Trinajstić information content (AvgIpc) is 2.91. The maximum Gasteiger partial charge on any atom is 0.288 e. The van der Waals surface area contributed by atoms with E-state index in [0.29, 0.717) is 28.1 Å². The molecular weight excluding hydrogens is 284 g/mol. The van der Waals surface area contributed by atoms with Crippen molar-refractivity contribution in [3.8, 4) is 0 Å². The van der Waals surface area contributed by atoms with Gasteiger partial charge in [-0.2, -0.15) is 8.78 Å². The zero-order valence-corrected chi connectivity index (χ0v) is 11.1. The van der Waals surface area contributed by atoms with Crippen LogP contribution in [0, 0.1) is 0 Å². The van der Waals surface area contributed by atoms with Crippen molar-refractivity contribution in [3.05, 3.63) is 54.5 Å². The average molecular weight is 295 g/mol. The second-order valence-corrected chi connectivity index (χ2v) is 4.80. The van der Waals surface area contributed by atoms with Gasteiger partial charge in [-0.25, -0.2) is 0 Å². The SMILES string of the molecule is O=C(/C=C/c1ccco1)Nc1ccc(SC(F)F)cc1. The lowest BCUT2D eigenvalue weighted by Gasteiger charge is -2.04. The lowest BCUT2D eigenvalue weighted by Crippen LogP contribution is -2.07. The molecule has 1 amide bonds. The molecule has 2 rings (SSSR count). The van der Waals surface area contributed by atoms with Crippen LogP contribution in [-0.2, 0) is 4.79 Å². The number of amides is 1. The highest BCUT2D eigenvalue weighted by molar-refractivity contribution is 7.99. The van der Waals surface area contributed by atoms with Gasteiger partial charge in [0.2, 0.25) is 5.91 Å². The summed E-state index contributed by atoms with van der Waals surface area (Å²) in [6.45, 7) is 0. The summed E-state index contributed by atoms with van der Waals surface area (Å²) in [4.78, 5) is 12.1. The van der Waals surface area contributed by atoms with E-state index in [2.05, 4.69) is 5.32 Å². The van der Waals surface area contributed by atoms with Gasteiger partial charge in [0.15, 0.2) is 0 Å². The van der Waals surface area contributed by atoms with E-state index >= 15 is 0 Å². The number of carbonyl (C=O) groups is 1. The van der Waals surface area contributed by atoms with Crippen molar-refractivity contribution in [1.82, 2.24) is 0 Å². The zero-order valence-electron chi connectivity index (χ0n) is 10.3. The topological polar surface area (TPSA) is 42.2 Å². The van der Waals surface area contributed by atoms with Crippen molar-refractivity contribution in [1.29, 1.82) is 0 Å². The van der Waals surface area contributed by atoms with Gasteiger partial charge in [0, 0.05) is 16.7 Å². The summed E-state index contributed by atoms with van der Waals surface area (Å²) in [7, 11) is 0. The third kappa shape index (κ3) is 4.55. The fraction of sp³-hybridized carbons (Fsp3) is 0.0714. The summed E-state index contributed by atoms with van der Waals surface area (Å²) in [6, 6.07) is 9.65. The molecule has 104 valence electrons. The van der Waals surface area contributed by atoms with Crippen LogP contribution in [0.3, 0.4) is 0 Å². The quantitative estimate of drug-likeness (QED) is 0.662. The number of hydrogen-bond donors (Lipinski definition) is 1. The Morgan fingerprint density at radius 3 is 2.60 bits per heavy atom. The van der Waals surface area contributed by atoms with Crippen LogP contribution in [0.1, 0.15) is 5.76 Å². The molecule has 0 saturated carbocycles. The zero-order chi connectivity index (χ0) is 14.4. The molecule has 1 N–H and O–H groups in total. The second-order valence-electron chi connectivity index (χ2n) is 3.74. The van der Waals surface area contributed by atoms with E-state index in [1.165, 1.54) is 30.5 Å². The number of hydrogen-bond acceptors (Lipinski definition) is 3. The lowest BCUT2D eigenvalue weighted by molar-refractivity contribution is -0.111. The van der Waals surface area contributed by atoms with Gasteiger partial charge < -0.3 is 9.73 Å². The molecule has 0 aliphatic heterocycles. The number of halogens is 2. The van der Waals surface area contributed by atoms with Gasteiger partial charge in [0.1, 0.15) is 5.76 Å². The molecule has 6 heteroatoms. The Labute approximate surface area is 118 Å². The van der Waals surface area contributed by atoms with Gasteiger partial charge in [0.25, 0.3) is 5.76 Å². The third-order valence-corrected chi connectivity index (χ3v) is 3.01. The number of alkyl halides is 2. The maximum absolute atomic E-state index is 12.1. The highest BCUT2D eigenvalue weighted by Gasteiger charge is 2.05. The number of thioether (sulfide) groups is 1.